The van der Waals surface area contributed by atoms with Crippen LogP contribution in [0, 0.1) is 5.92 Å². The van der Waals surface area contributed by atoms with Gasteiger partial charge in [0.2, 0.25) is 5.91 Å². The molecular formula is C7H11NO2. The first kappa shape index (κ1) is 7.25. The van der Waals surface area contributed by atoms with Gasteiger partial charge in [-0.15, -0.1) is 0 Å². The SMILES string of the molecule is CNC(=O)C1CCCC1=O. The fourth-order valence-electron chi connectivity index (χ4n) is 1.27. The van der Waals surface area contributed by atoms with Crippen molar-refractivity contribution in [1.29, 1.82) is 0 Å². The van der Waals surface area contributed by atoms with Crippen molar-refractivity contribution in [2.45, 2.75) is 19.3 Å². The van der Waals surface area contributed by atoms with Crippen LogP contribution in [0.4, 0.5) is 0 Å². The second kappa shape index (κ2) is 2.82. The van der Waals surface area contributed by atoms with Crippen LogP contribution in [0.15, 0.2) is 0 Å². The number of Topliss-reactive ketones (excluding diaryl/α,β-unsaturated/α-hetero) is 1. The predicted octanol–water partition coefficient (Wildman–Crippen LogP) is 0.102. The Morgan fingerprint density at radius 2 is 2.40 bits per heavy atom. The number of rotatable bonds is 1. The Kier molecular flexibility index (Phi) is 2.04. The molecule has 1 N–H and O–H groups in total. The number of hydrogen-bond acceptors (Lipinski definition) is 2. The summed E-state index contributed by atoms with van der Waals surface area (Å²) >= 11 is 0. The third kappa shape index (κ3) is 1.17. The Hall–Kier alpha value is -0.860. The number of ketones is 1. The number of hydrogen-bond donors (Lipinski definition) is 1. The van der Waals surface area contributed by atoms with E-state index in [0.717, 1.165) is 12.8 Å². The molecule has 1 rings (SSSR count). The highest BCUT2D eigenvalue weighted by Gasteiger charge is 2.29. The van der Waals surface area contributed by atoms with Crippen LogP contribution < -0.4 is 5.32 Å². The van der Waals surface area contributed by atoms with Gasteiger partial charge < -0.3 is 5.32 Å². The molecule has 1 aliphatic carbocycles. The summed E-state index contributed by atoms with van der Waals surface area (Å²) in [6.07, 6.45) is 2.19. The molecule has 1 fully saturated rings. The maximum Gasteiger partial charge on any atom is 0.230 e. The standard InChI is InChI=1S/C7H11NO2/c1-8-7(10)5-3-2-4-6(5)9/h5H,2-4H2,1H3,(H,8,10). The fourth-order valence-corrected chi connectivity index (χ4v) is 1.27. The van der Waals surface area contributed by atoms with Crippen LogP contribution in [0.25, 0.3) is 0 Å². The molecule has 0 aliphatic heterocycles. The van der Waals surface area contributed by atoms with Gasteiger partial charge in [0.1, 0.15) is 5.78 Å². The lowest BCUT2D eigenvalue weighted by Gasteiger charge is -2.03. The Balaban J connectivity index is 2.55. The van der Waals surface area contributed by atoms with Crippen molar-refractivity contribution in [3.05, 3.63) is 0 Å². The molecule has 0 heterocycles. The summed E-state index contributed by atoms with van der Waals surface area (Å²) < 4.78 is 0. The Bertz CT molecular complexity index is 165. The molecule has 0 saturated heterocycles. The topological polar surface area (TPSA) is 46.2 Å². The largest absolute Gasteiger partial charge is 0.359 e. The molecule has 0 aromatic rings. The average Bonchev–Trinajstić information content (AvgIpc) is 2.34. The molecule has 1 saturated carbocycles. The zero-order valence-electron chi connectivity index (χ0n) is 6.02. The molecule has 3 heteroatoms. The molecule has 56 valence electrons. The molecule has 0 bridgehead atoms. The van der Waals surface area contributed by atoms with E-state index in [4.69, 9.17) is 0 Å². The molecule has 0 aromatic carbocycles. The first-order valence-corrected chi connectivity index (χ1v) is 3.50. The van der Waals surface area contributed by atoms with Crippen LogP contribution in [-0.4, -0.2) is 18.7 Å². The van der Waals surface area contributed by atoms with E-state index < -0.39 is 0 Å². The van der Waals surface area contributed by atoms with E-state index in [1.54, 1.807) is 7.05 Å². The summed E-state index contributed by atoms with van der Waals surface area (Å²) in [6, 6.07) is 0. The normalized spacial score (nSPS) is 24.9. The lowest BCUT2D eigenvalue weighted by Crippen LogP contribution is -2.29. The lowest BCUT2D eigenvalue weighted by molar-refractivity contribution is -0.131. The molecule has 0 aromatic heterocycles. The van der Waals surface area contributed by atoms with E-state index in [2.05, 4.69) is 5.32 Å². The van der Waals surface area contributed by atoms with Crippen LogP contribution in [-0.2, 0) is 9.59 Å². The Morgan fingerprint density at radius 1 is 1.70 bits per heavy atom. The van der Waals surface area contributed by atoms with E-state index in [0.29, 0.717) is 6.42 Å². The van der Waals surface area contributed by atoms with E-state index >= 15 is 0 Å². The van der Waals surface area contributed by atoms with Crippen molar-refractivity contribution in [2.75, 3.05) is 7.05 Å². The van der Waals surface area contributed by atoms with Gasteiger partial charge in [-0.2, -0.15) is 0 Å². The summed E-state index contributed by atoms with van der Waals surface area (Å²) in [4.78, 5) is 21.8. The van der Waals surface area contributed by atoms with E-state index in [1.165, 1.54) is 0 Å². The fraction of sp³-hybridized carbons (Fsp3) is 0.714. The molecule has 1 aliphatic rings. The molecular weight excluding hydrogens is 130 g/mol. The van der Waals surface area contributed by atoms with Crippen molar-refractivity contribution in [3.8, 4) is 0 Å². The highest BCUT2D eigenvalue weighted by Crippen LogP contribution is 2.20. The summed E-state index contributed by atoms with van der Waals surface area (Å²) in [5, 5.41) is 2.48. The van der Waals surface area contributed by atoms with Crippen molar-refractivity contribution in [1.82, 2.24) is 5.32 Å². The van der Waals surface area contributed by atoms with Crippen molar-refractivity contribution >= 4 is 11.7 Å². The van der Waals surface area contributed by atoms with E-state index in [1.807, 2.05) is 0 Å². The smallest absolute Gasteiger partial charge is 0.230 e. The summed E-state index contributed by atoms with van der Waals surface area (Å²) in [5.74, 6) is -0.369. The average molecular weight is 141 g/mol. The van der Waals surface area contributed by atoms with Gasteiger partial charge in [0, 0.05) is 13.5 Å². The van der Waals surface area contributed by atoms with Gasteiger partial charge >= 0.3 is 0 Å². The highest BCUT2D eigenvalue weighted by molar-refractivity contribution is 6.02. The van der Waals surface area contributed by atoms with Gasteiger partial charge in [-0.3, -0.25) is 9.59 Å². The van der Waals surface area contributed by atoms with Crippen LogP contribution in [0.5, 0.6) is 0 Å². The molecule has 10 heavy (non-hydrogen) atoms. The van der Waals surface area contributed by atoms with Gasteiger partial charge in [-0.25, -0.2) is 0 Å². The molecule has 1 unspecified atom stereocenters. The third-order valence-electron chi connectivity index (χ3n) is 1.87. The van der Waals surface area contributed by atoms with Gasteiger partial charge in [0.25, 0.3) is 0 Å². The number of amides is 1. The monoisotopic (exact) mass is 141 g/mol. The lowest BCUT2D eigenvalue weighted by atomic mass is 10.1. The van der Waals surface area contributed by atoms with Crippen LogP contribution in [0.3, 0.4) is 0 Å². The summed E-state index contributed by atoms with van der Waals surface area (Å²) in [5.41, 5.74) is 0. The first-order chi connectivity index (χ1) is 4.75. The van der Waals surface area contributed by atoms with Gasteiger partial charge in [0.05, 0.1) is 5.92 Å². The van der Waals surface area contributed by atoms with Crippen LogP contribution in [0.2, 0.25) is 0 Å². The van der Waals surface area contributed by atoms with Gasteiger partial charge in [0.15, 0.2) is 0 Å². The summed E-state index contributed by atoms with van der Waals surface area (Å²) in [7, 11) is 1.56. The number of nitrogens with one attached hydrogen (secondary N) is 1. The number of carbonyl (C=O) groups is 2. The summed E-state index contributed by atoms with van der Waals surface area (Å²) in [6.45, 7) is 0. The van der Waals surface area contributed by atoms with Gasteiger partial charge in [-0.1, -0.05) is 0 Å². The maximum atomic E-state index is 10.9. The van der Waals surface area contributed by atoms with Crippen molar-refractivity contribution in [2.24, 2.45) is 5.92 Å². The Labute approximate surface area is 59.8 Å². The van der Waals surface area contributed by atoms with E-state index in [-0.39, 0.29) is 17.6 Å². The second-order valence-corrected chi connectivity index (χ2v) is 2.53. The quantitative estimate of drug-likeness (QED) is 0.526. The van der Waals surface area contributed by atoms with Gasteiger partial charge in [-0.05, 0) is 12.8 Å². The minimum atomic E-state index is -0.343. The molecule has 1 atom stereocenters. The zero-order chi connectivity index (χ0) is 7.56. The molecule has 0 radical (unpaired) electrons. The van der Waals surface area contributed by atoms with Crippen LogP contribution in [0.1, 0.15) is 19.3 Å². The minimum Gasteiger partial charge on any atom is -0.359 e. The first-order valence-electron chi connectivity index (χ1n) is 3.50. The van der Waals surface area contributed by atoms with Crippen LogP contribution >= 0.6 is 0 Å². The zero-order valence-corrected chi connectivity index (χ0v) is 6.02. The second-order valence-electron chi connectivity index (χ2n) is 2.53. The molecule has 0 spiro atoms. The third-order valence-corrected chi connectivity index (χ3v) is 1.87. The minimum absolute atomic E-state index is 0.0966. The van der Waals surface area contributed by atoms with Crippen molar-refractivity contribution < 1.29 is 9.59 Å². The van der Waals surface area contributed by atoms with Crippen molar-refractivity contribution in [3.63, 3.8) is 0 Å². The predicted molar refractivity (Wildman–Crippen MR) is 36.4 cm³/mol. The number of carbonyl (C=O) groups excluding carboxylic acids is 2. The van der Waals surface area contributed by atoms with E-state index in [9.17, 15) is 9.59 Å². The molecule has 1 amide bonds. The maximum absolute atomic E-state index is 10.9. The molecule has 3 nitrogen and oxygen atoms in total. The highest BCUT2D eigenvalue weighted by atomic mass is 16.2. The Morgan fingerprint density at radius 3 is 2.80 bits per heavy atom.